The molecule has 0 atom stereocenters. The first kappa shape index (κ1) is 14.1. The third kappa shape index (κ3) is 3.38. The summed E-state index contributed by atoms with van der Waals surface area (Å²) < 4.78 is 5.19. The largest absolute Gasteiger partial charge is 0.412 e. The Bertz CT molecular complexity index is 604. The van der Waals surface area contributed by atoms with Gasteiger partial charge in [0.2, 0.25) is 0 Å². The molecule has 2 aromatic rings. The van der Waals surface area contributed by atoms with Crippen LogP contribution in [0.2, 0.25) is 0 Å². The minimum atomic E-state index is -0.456. The van der Waals surface area contributed by atoms with E-state index in [0.29, 0.717) is 17.9 Å². The van der Waals surface area contributed by atoms with Gasteiger partial charge in [-0.2, -0.15) is 0 Å². The van der Waals surface area contributed by atoms with E-state index in [9.17, 15) is 9.59 Å². The van der Waals surface area contributed by atoms with Gasteiger partial charge >= 0.3 is 6.09 Å². The number of carbonyl (C=O) groups is 2. The zero-order valence-corrected chi connectivity index (χ0v) is 11.4. The summed E-state index contributed by atoms with van der Waals surface area (Å²) in [6, 6.07) is 5.14. The van der Waals surface area contributed by atoms with E-state index in [2.05, 4.69) is 17.2 Å². The highest BCUT2D eigenvalue weighted by Crippen LogP contribution is 2.22. The molecule has 1 heterocycles. The number of ether oxygens (including phenoxy) is 1. The Morgan fingerprint density at radius 3 is 3.00 bits per heavy atom. The predicted molar refractivity (Wildman–Crippen MR) is 77.2 cm³/mol. The fourth-order valence-electron chi connectivity index (χ4n) is 2.00. The Morgan fingerprint density at radius 1 is 1.40 bits per heavy atom. The van der Waals surface area contributed by atoms with Crippen molar-refractivity contribution in [1.29, 1.82) is 0 Å². The maximum atomic E-state index is 11.6. The van der Waals surface area contributed by atoms with Gasteiger partial charge in [-0.1, -0.05) is 19.8 Å². The van der Waals surface area contributed by atoms with Crippen LogP contribution in [0.25, 0.3) is 10.9 Å². The van der Waals surface area contributed by atoms with Crippen molar-refractivity contribution in [3.8, 4) is 5.75 Å². The fourth-order valence-corrected chi connectivity index (χ4v) is 2.00. The lowest BCUT2D eigenvalue weighted by molar-refractivity contribution is 0.112. The molecule has 0 saturated carbocycles. The lowest BCUT2D eigenvalue weighted by atomic mass is 10.2. The van der Waals surface area contributed by atoms with Crippen molar-refractivity contribution in [2.24, 2.45) is 0 Å². The lowest BCUT2D eigenvalue weighted by Gasteiger charge is -2.06. The molecule has 5 nitrogen and oxygen atoms in total. The summed E-state index contributed by atoms with van der Waals surface area (Å²) in [5.74, 6) is 0.449. The Hall–Kier alpha value is -2.30. The topological polar surface area (TPSA) is 71.2 Å². The summed E-state index contributed by atoms with van der Waals surface area (Å²) in [5.41, 5.74) is 1.36. The van der Waals surface area contributed by atoms with E-state index in [1.807, 2.05) is 0 Å². The summed E-state index contributed by atoms with van der Waals surface area (Å²) in [6.45, 7) is 2.73. The lowest BCUT2D eigenvalue weighted by Crippen LogP contribution is -2.27. The van der Waals surface area contributed by atoms with Gasteiger partial charge in [-0.05, 0) is 18.6 Å². The van der Waals surface area contributed by atoms with Gasteiger partial charge in [-0.3, -0.25) is 4.79 Å². The number of aldehydes is 1. The standard InChI is InChI=1S/C15H18N2O3/c1-2-3-4-7-16-15(19)20-12-5-6-13-11(10-18)9-17-14(13)8-12/h5-6,8-10,17H,2-4,7H2,1H3,(H,16,19). The highest BCUT2D eigenvalue weighted by atomic mass is 16.6. The number of carbonyl (C=O) groups excluding carboxylic acids is 2. The number of unbranched alkanes of at least 4 members (excludes halogenated alkanes) is 2. The predicted octanol–water partition coefficient (Wildman–Crippen LogP) is 3.26. The van der Waals surface area contributed by atoms with Crippen LogP contribution in [0.15, 0.2) is 24.4 Å². The van der Waals surface area contributed by atoms with E-state index in [4.69, 9.17) is 4.74 Å². The molecule has 20 heavy (non-hydrogen) atoms. The van der Waals surface area contributed by atoms with E-state index in [1.165, 1.54) is 0 Å². The molecule has 2 rings (SSSR count). The number of hydrogen-bond donors (Lipinski definition) is 2. The summed E-state index contributed by atoms with van der Waals surface area (Å²) >= 11 is 0. The second-order valence-electron chi connectivity index (χ2n) is 4.59. The molecule has 0 spiro atoms. The summed E-state index contributed by atoms with van der Waals surface area (Å²) in [4.78, 5) is 25.3. The minimum Gasteiger partial charge on any atom is -0.410 e. The van der Waals surface area contributed by atoms with Gasteiger partial charge in [0.05, 0.1) is 0 Å². The molecule has 1 aromatic heterocycles. The molecule has 2 N–H and O–H groups in total. The molecule has 0 aliphatic carbocycles. The number of benzene rings is 1. The van der Waals surface area contributed by atoms with Crippen molar-refractivity contribution >= 4 is 23.3 Å². The van der Waals surface area contributed by atoms with Crippen molar-refractivity contribution in [2.45, 2.75) is 26.2 Å². The second kappa shape index (κ2) is 6.75. The second-order valence-corrected chi connectivity index (χ2v) is 4.59. The number of nitrogens with one attached hydrogen (secondary N) is 2. The van der Waals surface area contributed by atoms with Crippen molar-refractivity contribution in [1.82, 2.24) is 10.3 Å². The summed E-state index contributed by atoms with van der Waals surface area (Å²) in [7, 11) is 0. The normalized spacial score (nSPS) is 10.4. The van der Waals surface area contributed by atoms with E-state index in [1.54, 1.807) is 24.4 Å². The summed E-state index contributed by atoms with van der Waals surface area (Å²) in [6.07, 6.45) is 5.11. The quantitative estimate of drug-likeness (QED) is 0.627. The SMILES string of the molecule is CCCCCNC(=O)Oc1ccc2c(C=O)c[nH]c2c1. The van der Waals surface area contributed by atoms with E-state index < -0.39 is 6.09 Å². The van der Waals surface area contributed by atoms with Crippen LogP contribution < -0.4 is 10.1 Å². The van der Waals surface area contributed by atoms with Crippen LogP contribution >= 0.6 is 0 Å². The molecule has 0 bridgehead atoms. The van der Waals surface area contributed by atoms with Crippen LogP contribution in [0.1, 0.15) is 36.5 Å². The molecule has 0 aliphatic heterocycles. The average molecular weight is 274 g/mol. The smallest absolute Gasteiger partial charge is 0.410 e. The first-order chi connectivity index (χ1) is 9.74. The zero-order chi connectivity index (χ0) is 14.4. The first-order valence-electron chi connectivity index (χ1n) is 6.76. The van der Waals surface area contributed by atoms with Gasteiger partial charge in [0, 0.05) is 35.3 Å². The maximum absolute atomic E-state index is 11.6. The fraction of sp³-hybridized carbons (Fsp3) is 0.333. The minimum absolute atomic E-state index is 0.449. The number of aromatic amines is 1. The van der Waals surface area contributed by atoms with Crippen molar-refractivity contribution in [3.63, 3.8) is 0 Å². The third-order valence-corrected chi connectivity index (χ3v) is 3.07. The molecule has 106 valence electrons. The number of hydrogen-bond acceptors (Lipinski definition) is 3. The van der Waals surface area contributed by atoms with E-state index in [0.717, 1.165) is 36.5 Å². The monoisotopic (exact) mass is 274 g/mol. The van der Waals surface area contributed by atoms with Crippen LogP contribution in [-0.4, -0.2) is 23.9 Å². The number of H-pyrrole nitrogens is 1. The van der Waals surface area contributed by atoms with Crippen LogP contribution in [0.5, 0.6) is 5.75 Å². The van der Waals surface area contributed by atoms with Crippen molar-refractivity contribution in [3.05, 3.63) is 30.0 Å². The van der Waals surface area contributed by atoms with Crippen molar-refractivity contribution in [2.75, 3.05) is 6.54 Å². The van der Waals surface area contributed by atoms with Crippen molar-refractivity contribution < 1.29 is 14.3 Å². The zero-order valence-electron chi connectivity index (χ0n) is 11.4. The van der Waals surface area contributed by atoms with Crippen LogP contribution in [0.4, 0.5) is 4.79 Å². The average Bonchev–Trinajstić information content (AvgIpc) is 2.86. The Balaban J connectivity index is 1.96. The van der Waals surface area contributed by atoms with Gasteiger partial charge < -0.3 is 15.0 Å². The van der Waals surface area contributed by atoms with E-state index >= 15 is 0 Å². The molecule has 0 radical (unpaired) electrons. The van der Waals surface area contributed by atoms with Gasteiger partial charge in [0.15, 0.2) is 6.29 Å². The number of rotatable bonds is 6. The molecule has 0 aliphatic rings. The molecular weight excluding hydrogens is 256 g/mol. The molecular formula is C15H18N2O3. The number of fused-ring (bicyclic) bond motifs is 1. The Morgan fingerprint density at radius 2 is 2.25 bits per heavy atom. The molecule has 1 aromatic carbocycles. The van der Waals surface area contributed by atoms with E-state index in [-0.39, 0.29) is 0 Å². The Labute approximate surface area is 117 Å². The highest BCUT2D eigenvalue weighted by Gasteiger charge is 2.07. The van der Waals surface area contributed by atoms with Crippen LogP contribution in [0.3, 0.4) is 0 Å². The molecule has 0 unspecified atom stereocenters. The first-order valence-corrected chi connectivity index (χ1v) is 6.76. The van der Waals surface area contributed by atoms with Gasteiger partial charge in [-0.25, -0.2) is 4.79 Å². The highest BCUT2D eigenvalue weighted by molar-refractivity contribution is 5.97. The number of amides is 1. The number of aromatic nitrogens is 1. The molecule has 0 fully saturated rings. The maximum Gasteiger partial charge on any atom is 0.412 e. The summed E-state index contributed by atoms with van der Waals surface area (Å²) in [5, 5.41) is 3.52. The van der Waals surface area contributed by atoms with Gasteiger partial charge in [0.1, 0.15) is 5.75 Å². The van der Waals surface area contributed by atoms with Gasteiger partial charge in [-0.15, -0.1) is 0 Å². The molecule has 0 saturated heterocycles. The third-order valence-electron chi connectivity index (χ3n) is 3.07. The Kier molecular flexibility index (Phi) is 4.76. The van der Waals surface area contributed by atoms with Crippen LogP contribution in [0, 0.1) is 0 Å². The van der Waals surface area contributed by atoms with Gasteiger partial charge in [0.25, 0.3) is 0 Å². The molecule has 1 amide bonds. The van der Waals surface area contributed by atoms with Crippen LogP contribution in [-0.2, 0) is 0 Å². The molecule has 5 heteroatoms.